The summed E-state index contributed by atoms with van der Waals surface area (Å²) in [5.74, 6) is -0.293. The van der Waals surface area contributed by atoms with Crippen LogP contribution >= 0.6 is 0 Å². The molecule has 156 valence electrons. The number of carbonyl (C=O) groups is 2. The van der Waals surface area contributed by atoms with Crippen LogP contribution in [0.25, 0.3) is 0 Å². The summed E-state index contributed by atoms with van der Waals surface area (Å²) < 4.78 is 44.5. The maximum absolute atomic E-state index is 13.1. The lowest BCUT2D eigenvalue weighted by atomic mass is 10.1. The number of alkyl halides is 3. The zero-order chi connectivity index (χ0) is 21.4. The van der Waals surface area contributed by atoms with E-state index in [1.165, 1.54) is 23.1 Å². The fourth-order valence-corrected chi connectivity index (χ4v) is 2.74. The van der Waals surface area contributed by atoms with E-state index in [4.69, 9.17) is 4.74 Å². The van der Waals surface area contributed by atoms with Crippen LogP contribution in [0.2, 0.25) is 0 Å². The van der Waals surface area contributed by atoms with Crippen molar-refractivity contribution >= 4 is 17.5 Å². The molecule has 29 heavy (non-hydrogen) atoms. The number of halogens is 3. The van der Waals surface area contributed by atoms with Crippen molar-refractivity contribution in [1.82, 2.24) is 4.90 Å². The summed E-state index contributed by atoms with van der Waals surface area (Å²) in [7, 11) is 0. The number of nitrogens with zero attached hydrogens (tertiary/aromatic N) is 1. The molecule has 2 amide bonds. The Kier molecular flexibility index (Phi) is 7.64. The van der Waals surface area contributed by atoms with E-state index in [1.54, 1.807) is 31.2 Å². The molecule has 0 bridgehead atoms. The van der Waals surface area contributed by atoms with Crippen molar-refractivity contribution in [2.24, 2.45) is 0 Å². The SMILES string of the molecule is CCOc1ccc(CC(=O)N(CC)CC(=O)Nc2ccccc2C(F)(F)F)cc1. The van der Waals surface area contributed by atoms with Gasteiger partial charge in [-0.2, -0.15) is 13.2 Å². The Morgan fingerprint density at radius 3 is 2.28 bits per heavy atom. The highest BCUT2D eigenvalue weighted by Crippen LogP contribution is 2.34. The summed E-state index contributed by atoms with van der Waals surface area (Å²) in [4.78, 5) is 26.0. The van der Waals surface area contributed by atoms with Crippen LogP contribution in [0, 0.1) is 0 Å². The highest BCUT2D eigenvalue weighted by atomic mass is 19.4. The fourth-order valence-electron chi connectivity index (χ4n) is 2.74. The Morgan fingerprint density at radius 1 is 1.03 bits per heavy atom. The highest BCUT2D eigenvalue weighted by Gasteiger charge is 2.33. The summed E-state index contributed by atoms with van der Waals surface area (Å²) >= 11 is 0. The second-order valence-electron chi connectivity index (χ2n) is 6.25. The molecule has 2 aromatic carbocycles. The van der Waals surface area contributed by atoms with Crippen molar-refractivity contribution in [3.05, 3.63) is 59.7 Å². The van der Waals surface area contributed by atoms with Gasteiger partial charge in [-0.3, -0.25) is 9.59 Å². The summed E-state index contributed by atoms with van der Waals surface area (Å²) in [6.07, 6.45) is -4.51. The summed E-state index contributed by atoms with van der Waals surface area (Å²) in [6.45, 7) is 4.03. The molecule has 0 heterocycles. The molecular weight excluding hydrogens is 385 g/mol. The molecule has 0 aromatic heterocycles. The number of amides is 2. The molecule has 1 N–H and O–H groups in total. The van der Waals surface area contributed by atoms with Crippen LogP contribution in [0.15, 0.2) is 48.5 Å². The Labute approximate surface area is 167 Å². The molecule has 0 saturated carbocycles. The number of carbonyl (C=O) groups excluding carboxylic acids is 2. The van der Waals surface area contributed by atoms with Crippen molar-refractivity contribution in [1.29, 1.82) is 0 Å². The zero-order valence-electron chi connectivity index (χ0n) is 16.3. The zero-order valence-corrected chi connectivity index (χ0v) is 16.3. The van der Waals surface area contributed by atoms with Gasteiger partial charge < -0.3 is 15.0 Å². The normalized spacial score (nSPS) is 11.1. The van der Waals surface area contributed by atoms with Crippen LogP contribution < -0.4 is 10.1 Å². The van der Waals surface area contributed by atoms with Crippen molar-refractivity contribution in [3.63, 3.8) is 0 Å². The van der Waals surface area contributed by atoms with Crippen LogP contribution in [0.5, 0.6) is 5.75 Å². The predicted octanol–water partition coefficient (Wildman–Crippen LogP) is 4.13. The molecule has 0 atom stereocenters. The van der Waals surface area contributed by atoms with Gasteiger partial charge in [0, 0.05) is 6.54 Å². The van der Waals surface area contributed by atoms with E-state index in [9.17, 15) is 22.8 Å². The van der Waals surface area contributed by atoms with Gasteiger partial charge in [0.2, 0.25) is 11.8 Å². The average molecular weight is 408 g/mol. The van der Waals surface area contributed by atoms with Crippen molar-refractivity contribution in [2.45, 2.75) is 26.4 Å². The van der Waals surface area contributed by atoms with E-state index in [2.05, 4.69) is 5.32 Å². The van der Waals surface area contributed by atoms with Gasteiger partial charge in [0.05, 0.1) is 30.8 Å². The molecule has 2 rings (SSSR count). The van der Waals surface area contributed by atoms with Gasteiger partial charge in [-0.1, -0.05) is 24.3 Å². The molecule has 0 aliphatic rings. The molecular formula is C21H23F3N2O3. The lowest BCUT2D eigenvalue weighted by Crippen LogP contribution is -2.38. The number of hydrogen-bond donors (Lipinski definition) is 1. The number of para-hydroxylation sites is 1. The molecule has 0 aliphatic heterocycles. The van der Waals surface area contributed by atoms with Crippen molar-refractivity contribution in [2.75, 3.05) is 25.0 Å². The van der Waals surface area contributed by atoms with Crippen molar-refractivity contribution < 1.29 is 27.5 Å². The number of ether oxygens (including phenoxy) is 1. The maximum Gasteiger partial charge on any atom is 0.418 e. The van der Waals surface area contributed by atoms with Gasteiger partial charge in [-0.05, 0) is 43.7 Å². The molecule has 0 spiro atoms. The number of benzene rings is 2. The Balaban J connectivity index is 2.00. The smallest absolute Gasteiger partial charge is 0.418 e. The van der Waals surface area contributed by atoms with Crippen LogP contribution in [0.3, 0.4) is 0 Å². The standard InChI is InChI=1S/C21H23F3N2O3/c1-3-26(20(28)13-15-9-11-16(12-10-15)29-4-2)14-19(27)25-18-8-6-5-7-17(18)21(22,23)24/h5-12H,3-4,13-14H2,1-2H3,(H,25,27). The average Bonchev–Trinajstić information content (AvgIpc) is 2.67. The van der Waals surface area contributed by atoms with E-state index in [0.29, 0.717) is 12.4 Å². The first-order valence-corrected chi connectivity index (χ1v) is 9.20. The van der Waals surface area contributed by atoms with Gasteiger partial charge in [-0.25, -0.2) is 0 Å². The first-order valence-electron chi connectivity index (χ1n) is 9.20. The second kappa shape index (κ2) is 9.95. The number of nitrogens with one attached hydrogen (secondary N) is 1. The molecule has 0 saturated heterocycles. The number of rotatable bonds is 8. The number of likely N-dealkylation sites (N-methyl/N-ethyl adjacent to an activating group) is 1. The van der Waals surface area contributed by atoms with Crippen LogP contribution in [-0.4, -0.2) is 36.4 Å². The Bertz CT molecular complexity index is 836. The number of hydrogen-bond acceptors (Lipinski definition) is 3. The minimum atomic E-state index is -4.59. The lowest BCUT2D eigenvalue weighted by Gasteiger charge is -2.21. The predicted molar refractivity (Wildman–Crippen MR) is 104 cm³/mol. The van der Waals surface area contributed by atoms with Gasteiger partial charge in [-0.15, -0.1) is 0 Å². The fraction of sp³-hybridized carbons (Fsp3) is 0.333. The quantitative estimate of drug-likeness (QED) is 0.715. The van der Waals surface area contributed by atoms with E-state index < -0.39 is 17.6 Å². The first-order chi connectivity index (χ1) is 13.7. The van der Waals surface area contributed by atoms with Crippen LogP contribution in [0.4, 0.5) is 18.9 Å². The third kappa shape index (κ3) is 6.51. The largest absolute Gasteiger partial charge is 0.494 e. The summed E-state index contributed by atoms with van der Waals surface area (Å²) in [5.41, 5.74) is -0.517. The monoisotopic (exact) mass is 408 g/mol. The topological polar surface area (TPSA) is 58.6 Å². The Morgan fingerprint density at radius 2 is 1.69 bits per heavy atom. The van der Waals surface area contributed by atoms with Gasteiger partial charge >= 0.3 is 6.18 Å². The van der Waals surface area contributed by atoms with Gasteiger partial charge in [0.15, 0.2) is 0 Å². The van der Waals surface area contributed by atoms with Crippen LogP contribution in [0.1, 0.15) is 25.0 Å². The maximum atomic E-state index is 13.1. The lowest BCUT2D eigenvalue weighted by molar-refractivity contribution is -0.137. The summed E-state index contributed by atoms with van der Waals surface area (Å²) in [6, 6.07) is 11.7. The highest BCUT2D eigenvalue weighted by molar-refractivity contribution is 5.95. The summed E-state index contributed by atoms with van der Waals surface area (Å²) in [5, 5.41) is 2.25. The molecule has 5 nitrogen and oxygen atoms in total. The third-order valence-electron chi connectivity index (χ3n) is 4.17. The third-order valence-corrected chi connectivity index (χ3v) is 4.17. The minimum Gasteiger partial charge on any atom is -0.494 e. The molecule has 0 unspecified atom stereocenters. The van der Waals surface area contributed by atoms with E-state index >= 15 is 0 Å². The Hall–Kier alpha value is -3.03. The van der Waals surface area contributed by atoms with Gasteiger partial charge in [0.25, 0.3) is 0 Å². The van der Waals surface area contributed by atoms with E-state index in [1.807, 2.05) is 6.92 Å². The van der Waals surface area contributed by atoms with Crippen LogP contribution in [-0.2, 0) is 22.2 Å². The van der Waals surface area contributed by atoms with Crippen molar-refractivity contribution in [3.8, 4) is 5.75 Å². The number of anilines is 1. The molecule has 8 heteroatoms. The van der Waals surface area contributed by atoms with Gasteiger partial charge in [0.1, 0.15) is 5.75 Å². The second-order valence-corrected chi connectivity index (χ2v) is 6.25. The molecule has 0 radical (unpaired) electrons. The molecule has 0 aliphatic carbocycles. The molecule has 2 aromatic rings. The van der Waals surface area contributed by atoms with E-state index in [-0.39, 0.29) is 31.1 Å². The first kappa shape index (κ1) is 22.3. The van der Waals surface area contributed by atoms with E-state index in [0.717, 1.165) is 11.6 Å². The molecule has 0 fully saturated rings. The minimum absolute atomic E-state index is 0.0761.